The van der Waals surface area contributed by atoms with Crippen molar-refractivity contribution in [3.8, 4) is 0 Å². The molecular weight excluding hydrogens is 374 g/mol. The summed E-state index contributed by atoms with van der Waals surface area (Å²) in [5.41, 5.74) is 1.04. The SMILES string of the molecule is CCCCC[C@@H]1CC[C@@H]2CC(c3cc(F)c4cc(Cl)c(F)cc4c3)CCC2C1. The van der Waals surface area contributed by atoms with Crippen molar-refractivity contribution in [3.63, 3.8) is 0 Å². The second kappa shape index (κ2) is 8.69. The average molecular weight is 405 g/mol. The number of rotatable bonds is 5. The molecule has 0 spiro atoms. The minimum absolute atomic E-state index is 0.0182. The van der Waals surface area contributed by atoms with Crippen molar-refractivity contribution < 1.29 is 8.78 Å². The van der Waals surface area contributed by atoms with E-state index in [-0.39, 0.29) is 10.8 Å². The third-order valence-electron chi connectivity index (χ3n) is 7.37. The van der Waals surface area contributed by atoms with Crippen LogP contribution in [0.25, 0.3) is 10.8 Å². The number of fused-ring (bicyclic) bond motifs is 2. The molecule has 2 aliphatic carbocycles. The third-order valence-corrected chi connectivity index (χ3v) is 7.66. The summed E-state index contributed by atoms with van der Waals surface area (Å²) in [5, 5.41) is 1.02. The van der Waals surface area contributed by atoms with Crippen molar-refractivity contribution >= 4 is 22.4 Å². The monoisotopic (exact) mass is 404 g/mol. The Bertz CT molecular complexity index is 831. The van der Waals surface area contributed by atoms with Crippen LogP contribution in [0.3, 0.4) is 0 Å². The van der Waals surface area contributed by atoms with Crippen LogP contribution < -0.4 is 0 Å². The lowest BCUT2D eigenvalue weighted by Crippen LogP contribution is -2.30. The molecule has 2 saturated carbocycles. The minimum atomic E-state index is -0.476. The van der Waals surface area contributed by atoms with Crippen molar-refractivity contribution in [1.29, 1.82) is 0 Å². The zero-order chi connectivity index (χ0) is 19.7. The zero-order valence-electron chi connectivity index (χ0n) is 16.8. The number of hydrogen-bond acceptors (Lipinski definition) is 0. The second-order valence-corrected chi connectivity index (χ2v) is 9.60. The fourth-order valence-corrected chi connectivity index (χ4v) is 5.97. The topological polar surface area (TPSA) is 0 Å². The van der Waals surface area contributed by atoms with Crippen LogP contribution in [-0.4, -0.2) is 0 Å². The van der Waals surface area contributed by atoms with E-state index in [1.54, 1.807) is 6.07 Å². The largest absolute Gasteiger partial charge is 0.206 e. The molecule has 0 radical (unpaired) electrons. The molecule has 28 heavy (non-hydrogen) atoms. The van der Waals surface area contributed by atoms with E-state index in [1.165, 1.54) is 63.5 Å². The minimum Gasteiger partial charge on any atom is -0.206 e. The van der Waals surface area contributed by atoms with Gasteiger partial charge in [-0.15, -0.1) is 0 Å². The quantitative estimate of drug-likeness (QED) is 0.437. The molecule has 4 rings (SSSR count). The Morgan fingerprint density at radius 1 is 0.893 bits per heavy atom. The summed E-state index contributed by atoms with van der Waals surface area (Å²) in [5.74, 6) is 2.21. The smallest absolute Gasteiger partial charge is 0.142 e. The molecule has 2 aromatic carbocycles. The standard InChI is InChI=1S/C25H31ClF2/c1-2-3-4-5-16-6-7-18-11-19(9-8-17(18)10-16)20-12-21-14-25(28)23(26)15-22(21)24(27)13-20/h12-19H,2-11H2,1H3/t16-,17?,18-,19?/m1/s1. The van der Waals surface area contributed by atoms with Gasteiger partial charge in [0.15, 0.2) is 0 Å². The van der Waals surface area contributed by atoms with Gasteiger partial charge in [-0.1, -0.05) is 56.7 Å². The van der Waals surface area contributed by atoms with E-state index in [0.29, 0.717) is 16.7 Å². The van der Waals surface area contributed by atoms with Gasteiger partial charge in [-0.2, -0.15) is 0 Å². The van der Waals surface area contributed by atoms with Crippen molar-refractivity contribution in [3.05, 3.63) is 46.5 Å². The normalized spacial score (nSPS) is 27.7. The van der Waals surface area contributed by atoms with Crippen molar-refractivity contribution in [2.24, 2.45) is 17.8 Å². The number of benzene rings is 2. The van der Waals surface area contributed by atoms with Gasteiger partial charge in [0.05, 0.1) is 5.02 Å². The first-order valence-electron chi connectivity index (χ1n) is 11.1. The fourth-order valence-electron chi connectivity index (χ4n) is 5.80. The maximum absolute atomic E-state index is 14.7. The van der Waals surface area contributed by atoms with E-state index in [0.717, 1.165) is 36.2 Å². The van der Waals surface area contributed by atoms with Gasteiger partial charge in [-0.05, 0) is 84.9 Å². The lowest BCUT2D eigenvalue weighted by atomic mass is 9.63. The Kier molecular flexibility index (Phi) is 6.25. The number of hydrogen-bond donors (Lipinski definition) is 0. The van der Waals surface area contributed by atoms with Crippen LogP contribution >= 0.6 is 11.6 Å². The van der Waals surface area contributed by atoms with Crippen LogP contribution in [0.2, 0.25) is 5.02 Å². The molecule has 2 aromatic rings. The van der Waals surface area contributed by atoms with Crippen LogP contribution in [0.15, 0.2) is 24.3 Å². The van der Waals surface area contributed by atoms with Gasteiger partial charge >= 0.3 is 0 Å². The van der Waals surface area contributed by atoms with Crippen molar-refractivity contribution in [2.45, 2.75) is 77.0 Å². The van der Waals surface area contributed by atoms with E-state index in [4.69, 9.17) is 11.6 Å². The molecule has 4 atom stereocenters. The highest BCUT2D eigenvalue weighted by molar-refractivity contribution is 6.31. The Balaban J connectivity index is 1.45. The molecule has 152 valence electrons. The molecule has 0 bridgehead atoms. The molecular formula is C25H31ClF2. The molecule has 0 N–H and O–H groups in total. The first kappa shape index (κ1) is 20.1. The summed E-state index contributed by atoms with van der Waals surface area (Å²) in [6.07, 6.45) is 13.1. The molecule has 0 aliphatic heterocycles. The van der Waals surface area contributed by atoms with Gasteiger partial charge in [0, 0.05) is 5.39 Å². The Hall–Kier alpha value is -1.15. The molecule has 2 fully saturated rings. The van der Waals surface area contributed by atoms with Gasteiger partial charge in [0.25, 0.3) is 0 Å². The Labute approximate surface area is 172 Å². The highest BCUT2D eigenvalue weighted by Crippen LogP contribution is 2.48. The predicted octanol–water partition coefficient (Wildman–Crippen LogP) is 8.65. The third kappa shape index (κ3) is 4.22. The molecule has 0 heterocycles. The Morgan fingerprint density at radius 2 is 1.68 bits per heavy atom. The van der Waals surface area contributed by atoms with Gasteiger partial charge in [-0.3, -0.25) is 0 Å². The zero-order valence-corrected chi connectivity index (χ0v) is 17.6. The van der Waals surface area contributed by atoms with Crippen molar-refractivity contribution in [2.75, 3.05) is 0 Å². The van der Waals surface area contributed by atoms with Crippen LogP contribution in [0.5, 0.6) is 0 Å². The highest BCUT2D eigenvalue weighted by Gasteiger charge is 2.36. The van der Waals surface area contributed by atoms with E-state index in [1.807, 2.05) is 6.07 Å². The van der Waals surface area contributed by atoms with E-state index >= 15 is 0 Å². The van der Waals surface area contributed by atoms with E-state index in [2.05, 4.69) is 6.92 Å². The highest BCUT2D eigenvalue weighted by atomic mass is 35.5. The molecule has 0 saturated heterocycles. The summed E-state index contributed by atoms with van der Waals surface area (Å²) in [7, 11) is 0. The second-order valence-electron chi connectivity index (χ2n) is 9.20. The number of halogens is 3. The van der Waals surface area contributed by atoms with E-state index < -0.39 is 5.82 Å². The summed E-state index contributed by atoms with van der Waals surface area (Å²) >= 11 is 5.83. The summed E-state index contributed by atoms with van der Waals surface area (Å²) in [6.45, 7) is 2.27. The maximum atomic E-state index is 14.7. The van der Waals surface area contributed by atoms with Crippen molar-refractivity contribution in [1.82, 2.24) is 0 Å². The maximum Gasteiger partial charge on any atom is 0.142 e. The molecule has 3 heteroatoms. The predicted molar refractivity (Wildman–Crippen MR) is 114 cm³/mol. The Morgan fingerprint density at radius 3 is 2.50 bits per heavy atom. The summed E-state index contributed by atoms with van der Waals surface area (Å²) in [4.78, 5) is 0. The molecule has 0 amide bonds. The lowest BCUT2D eigenvalue weighted by Gasteiger charge is -2.42. The van der Waals surface area contributed by atoms with Crippen LogP contribution in [0.1, 0.15) is 82.6 Å². The summed E-state index contributed by atoms with van der Waals surface area (Å²) < 4.78 is 28.5. The average Bonchev–Trinajstić information content (AvgIpc) is 2.69. The van der Waals surface area contributed by atoms with Gasteiger partial charge < -0.3 is 0 Å². The van der Waals surface area contributed by atoms with Gasteiger partial charge in [0.1, 0.15) is 11.6 Å². The van der Waals surface area contributed by atoms with Crippen LogP contribution in [0.4, 0.5) is 8.78 Å². The molecule has 0 nitrogen and oxygen atoms in total. The van der Waals surface area contributed by atoms with Gasteiger partial charge in [0.2, 0.25) is 0 Å². The fraction of sp³-hybridized carbons (Fsp3) is 0.600. The van der Waals surface area contributed by atoms with E-state index in [9.17, 15) is 8.78 Å². The lowest BCUT2D eigenvalue weighted by molar-refractivity contribution is 0.113. The summed E-state index contributed by atoms with van der Waals surface area (Å²) in [6, 6.07) is 6.43. The van der Waals surface area contributed by atoms with Crippen LogP contribution in [0, 0.1) is 29.4 Å². The molecule has 2 unspecified atom stereocenters. The van der Waals surface area contributed by atoms with Crippen LogP contribution in [-0.2, 0) is 0 Å². The van der Waals surface area contributed by atoms with Gasteiger partial charge in [-0.25, -0.2) is 8.78 Å². The first-order valence-corrected chi connectivity index (χ1v) is 11.5. The molecule has 0 aromatic heterocycles. The number of unbranched alkanes of at least 4 members (excludes halogenated alkanes) is 2. The molecule has 2 aliphatic rings. The first-order chi connectivity index (χ1) is 13.5.